The van der Waals surface area contributed by atoms with Crippen LogP contribution in [-0.4, -0.2) is 38.3 Å². The highest BCUT2D eigenvalue weighted by atomic mass is 127. The van der Waals surface area contributed by atoms with Gasteiger partial charge in [-0.3, -0.25) is 4.99 Å². The zero-order chi connectivity index (χ0) is 16.3. The van der Waals surface area contributed by atoms with Crippen molar-refractivity contribution in [3.63, 3.8) is 0 Å². The average molecular weight is 462 g/mol. The molecule has 0 saturated heterocycles. The summed E-state index contributed by atoms with van der Waals surface area (Å²) in [5.41, 5.74) is 2.21. The minimum Gasteiger partial charge on any atom is -0.475 e. The van der Waals surface area contributed by atoms with E-state index in [2.05, 4.69) is 37.4 Å². The van der Waals surface area contributed by atoms with Gasteiger partial charge in [0.05, 0.1) is 6.61 Å². The zero-order valence-electron chi connectivity index (χ0n) is 13.8. The van der Waals surface area contributed by atoms with Crippen molar-refractivity contribution in [2.24, 2.45) is 4.99 Å². The van der Waals surface area contributed by atoms with Gasteiger partial charge in [0.1, 0.15) is 6.61 Å². The molecule has 0 atom stereocenters. The molecule has 24 heavy (non-hydrogen) atoms. The van der Waals surface area contributed by atoms with Crippen molar-refractivity contribution >= 4 is 41.3 Å². The summed E-state index contributed by atoms with van der Waals surface area (Å²) < 4.78 is 10.6. The number of halogens is 1. The van der Waals surface area contributed by atoms with Crippen molar-refractivity contribution in [1.82, 2.24) is 15.6 Å². The molecule has 6 nitrogen and oxygen atoms in total. The number of nitrogens with one attached hydrogen (secondary N) is 2. The van der Waals surface area contributed by atoms with Crippen LogP contribution in [0.4, 0.5) is 0 Å². The van der Waals surface area contributed by atoms with Crippen LogP contribution in [0.5, 0.6) is 5.88 Å². The molecule has 2 heterocycles. The molecule has 0 radical (unpaired) electrons. The van der Waals surface area contributed by atoms with Crippen LogP contribution < -0.4 is 15.4 Å². The van der Waals surface area contributed by atoms with Gasteiger partial charge in [0, 0.05) is 39.0 Å². The summed E-state index contributed by atoms with van der Waals surface area (Å²) in [6.45, 7) is 2.34. The zero-order valence-corrected chi connectivity index (χ0v) is 17.0. The van der Waals surface area contributed by atoms with Gasteiger partial charge in [0.15, 0.2) is 5.96 Å². The fourth-order valence-corrected chi connectivity index (χ4v) is 2.56. The standard InChI is InChI=1S/C16H22N4O2S.HI/c1-17-16(19-10-13-5-9-23-12-13)20-11-14-4-3-6-18-15(14)22-8-7-21-2;/h3-6,9,12H,7-8,10-11H2,1-2H3,(H2,17,19,20);1H. The number of hydrogen-bond donors (Lipinski definition) is 2. The molecule has 0 unspecified atom stereocenters. The van der Waals surface area contributed by atoms with E-state index in [4.69, 9.17) is 9.47 Å². The predicted molar refractivity (Wildman–Crippen MR) is 108 cm³/mol. The normalized spacial score (nSPS) is 10.8. The summed E-state index contributed by atoms with van der Waals surface area (Å²) in [5, 5.41) is 10.7. The van der Waals surface area contributed by atoms with Crippen LogP contribution in [0.1, 0.15) is 11.1 Å². The molecule has 2 rings (SSSR count). The summed E-state index contributed by atoms with van der Waals surface area (Å²) in [5.74, 6) is 1.35. The van der Waals surface area contributed by atoms with E-state index in [1.165, 1.54) is 5.56 Å². The summed E-state index contributed by atoms with van der Waals surface area (Å²) in [6, 6.07) is 5.96. The molecule has 0 aliphatic heterocycles. The first kappa shape index (κ1) is 20.7. The third-order valence-corrected chi connectivity index (χ3v) is 3.82. The maximum absolute atomic E-state index is 5.63. The van der Waals surface area contributed by atoms with Gasteiger partial charge >= 0.3 is 0 Å². The lowest BCUT2D eigenvalue weighted by Crippen LogP contribution is -2.36. The Balaban J connectivity index is 0.00000288. The largest absolute Gasteiger partial charge is 0.475 e. The van der Waals surface area contributed by atoms with Crippen LogP contribution in [0.25, 0.3) is 0 Å². The van der Waals surface area contributed by atoms with Crippen molar-refractivity contribution < 1.29 is 9.47 Å². The highest BCUT2D eigenvalue weighted by molar-refractivity contribution is 14.0. The quantitative estimate of drug-likeness (QED) is 0.273. The first-order chi connectivity index (χ1) is 11.3. The van der Waals surface area contributed by atoms with Gasteiger partial charge in [-0.05, 0) is 28.5 Å². The van der Waals surface area contributed by atoms with Crippen molar-refractivity contribution in [1.29, 1.82) is 0 Å². The number of methoxy groups -OCH3 is 1. The van der Waals surface area contributed by atoms with E-state index < -0.39 is 0 Å². The molecule has 0 aromatic carbocycles. The summed E-state index contributed by atoms with van der Waals surface area (Å²) in [4.78, 5) is 8.49. The Morgan fingerprint density at radius 1 is 1.25 bits per heavy atom. The van der Waals surface area contributed by atoms with E-state index in [0.717, 1.165) is 18.1 Å². The van der Waals surface area contributed by atoms with Crippen LogP contribution in [0.15, 0.2) is 40.1 Å². The summed E-state index contributed by atoms with van der Waals surface area (Å²) in [6.07, 6.45) is 1.72. The predicted octanol–water partition coefficient (Wildman–Crippen LogP) is 2.65. The van der Waals surface area contributed by atoms with Crippen molar-refractivity contribution in [3.05, 3.63) is 46.3 Å². The van der Waals surface area contributed by atoms with Gasteiger partial charge in [-0.1, -0.05) is 6.07 Å². The van der Waals surface area contributed by atoms with Gasteiger partial charge in [0.25, 0.3) is 0 Å². The monoisotopic (exact) mass is 462 g/mol. The third-order valence-electron chi connectivity index (χ3n) is 3.09. The fourth-order valence-electron chi connectivity index (χ4n) is 1.89. The minimum atomic E-state index is 0. The molecule has 0 bridgehead atoms. The summed E-state index contributed by atoms with van der Waals surface area (Å²) >= 11 is 1.69. The average Bonchev–Trinajstić information content (AvgIpc) is 3.10. The van der Waals surface area contributed by atoms with Crippen LogP contribution in [0, 0.1) is 0 Å². The smallest absolute Gasteiger partial charge is 0.218 e. The Morgan fingerprint density at radius 2 is 2.08 bits per heavy atom. The number of hydrogen-bond acceptors (Lipinski definition) is 5. The van der Waals surface area contributed by atoms with Crippen LogP contribution in [-0.2, 0) is 17.8 Å². The minimum absolute atomic E-state index is 0. The Bertz CT molecular complexity index is 608. The van der Waals surface area contributed by atoms with E-state index in [0.29, 0.717) is 25.6 Å². The lowest BCUT2D eigenvalue weighted by molar-refractivity contribution is 0.143. The van der Waals surface area contributed by atoms with Crippen LogP contribution in [0.3, 0.4) is 0 Å². The number of rotatable bonds is 8. The maximum atomic E-state index is 5.63. The Kier molecular flexibility index (Phi) is 10.4. The number of nitrogens with zero attached hydrogens (tertiary/aromatic N) is 2. The van der Waals surface area contributed by atoms with Gasteiger partial charge < -0.3 is 20.1 Å². The van der Waals surface area contributed by atoms with E-state index in [1.54, 1.807) is 31.7 Å². The van der Waals surface area contributed by atoms with Crippen LogP contribution in [0.2, 0.25) is 0 Å². The van der Waals surface area contributed by atoms with Crippen molar-refractivity contribution in [3.8, 4) is 5.88 Å². The molecule has 2 aromatic heterocycles. The number of ether oxygens (including phenoxy) is 2. The van der Waals surface area contributed by atoms with Gasteiger partial charge in [-0.15, -0.1) is 24.0 Å². The number of guanidine groups is 1. The van der Waals surface area contributed by atoms with E-state index in [1.807, 2.05) is 12.1 Å². The second-order valence-electron chi connectivity index (χ2n) is 4.72. The number of aliphatic imine (C=N–C) groups is 1. The lowest BCUT2D eigenvalue weighted by Gasteiger charge is -2.13. The second-order valence-corrected chi connectivity index (χ2v) is 5.50. The molecule has 0 saturated carbocycles. The Labute approximate surface area is 163 Å². The third kappa shape index (κ3) is 7.02. The molecule has 0 aliphatic rings. The molecular weight excluding hydrogens is 439 g/mol. The van der Waals surface area contributed by atoms with E-state index in [9.17, 15) is 0 Å². The van der Waals surface area contributed by atoms with Crippen molar-refractivity contribution in [2.75, 3.05) is 27.4 Å². The molecule has 132 valence electrons. The molecule has 0 amide bonds. The fraction of sp³-hybridized carbons (Fsp3) is 0.375. The molecular formula is C16H23IN4O2S. The topological polar surface area (TPSA) is 67.8 Å². The second kappa shape index (κ2) is 12.0. The highest BCUT2D eigenvalue weighted by Crippen LogP contribution is 2.13. The SMILES string of the molecule is CN=C(NCc1ccsc1)NCc1cccnc1OCCOC.I. The lowest BCUT2D eigenvalue weighted by atomic mass is 10.2. The highest BCUT2D eigenvalue weighted by Gasteiger charge is 2.06. The van der Waals surface area contributed by atoms with E-state index >= 15 is 0 Å². The van der Waals surface area contributed by atoms with Crippen molar-refractivity contribution in [2.45, 2.75) is 13.1 Å². The first-order valence-electron chi connectivity index (χ1n) is 7.34. The maximum Gasteiger partial charge on any atom is 0.218 e. The number of aromatic nitrogens is 1. The van der Waals surface area contributed by atoms with Crippen LogP contribution >= 0.6 is 35.3 Å². The Hall–Kier alpha value is -1.39. The number of thiophene rings is 1. The Morgan fingerprint density at radius 3 is 2.79 bits per heavy atom. The molecule has 2 N–H and O–H groups in total. The van der Waals surface area contributed by atoms with Gasteiger partial charge in [-0.2, -0.15) is 11.3 Å². The summed E-state index contributed by atoms with van der Waals surface area (Å²) in [7, 11) is 3.40. The van der Waals surface area contributed by atoms with Gasteiger partial charge in [0.2, 0.25) is 5.88 Å². The van der Waals surface area contributed by atoms with E-state index in [-0.39, 0.29) is 24.0 Å². The molecule has 0 fully saturated rings. The molecule has 0 aliphatic carbocycles. The molecule has 8 heteroatoms. The molecule has 2 aromatic rings. The van der Waals surface area contributed by atoms with Gasteiger partial charge in [-0.25, -0.2) is 4.98 Å². The first-order valence-corrected chi connectivity index (χ1v) is 8.29. The number of pyridine rings is 1. The molecule has 0 spiro atoms.